The second-order valence-electron chi connectivity index (χ2n) is 8.66. The minimum Gasteiger partial charge on any atom is -0.474 e. The van der Waals surface area contributed by atoms with Crippen LogP contribution in [0, 0.1) is 5.82 Å². The molecule has 1 N–H and O–H groups in total. The number of hydrogen-bond acceptors (Lipinski definition) is 9. The van der Waals surface area contributed by atoms with Gasteiger partial charge < -0.3 is 14.2 Å². The molecule has 36 heavy (non-hydrogen) atoms. The van der Waals surface area contributed by atoms with Crippen LogP contribution in [0.1, 0.15) is 38.4 Å². The predicted molar refractivity (Wildman–Crippen MR) is 121 cm³/mol. The number of halogens is 4. The molecule has 14 heteroatoms. The molecule has 1 aromatic carbocycles. The third-order valence-corrected chi connectivity index (χ3v) is 5.73. The molecule has 1 saturated heterocycles. The number of nitrogens with zero attached hydrogens (tertiary/aromatic N) is 7. The number of anilines is 2. The molecule has 0 spiro atoms. The molecule has 0 saturated carbocycles. The molecule has 0 aliphatic carbocycles. The van der Waals surface area contributed by atoms with Crippen molar-refractivity contribution >= 4 is 22.7 Å². The van der Waals surface area contributed by atoms with Gasteiger partial charge in [-0.25, -0.2) is 19.0 Å². The molecule has 4 aromatic rings. The quantitative estimate of drug-likeness (QED) is 0.300. The lowest BCUT2D eigenvalue weighted by atomic mass is 10.1. The van der Waals surface area contributed by atoms with E-state index in [0.717, 1.165) is 12.1 Å². The van der Waals surface area contributed by atoms with Crippen LogP contribution >= 0.6 is 0 Å². The van der Waals surface area contributed by atoms with Gasteiger partial charge in [0.05, 0.1) is 6.20 Å². The Kier molecular flexibility index (Phi) is 6.10. The van der Waals surface area contributed by atoms with Crippen LogP contribution in [-0.2, 0) is 0 Å². The van der Waals surface area contributed by atoms with Gasteiger partial charge in [0.15, 0.2) is 17.3 Å². The zero-order valence-corrected chi connectivity index (χ0v) is 19.3. The average Bonchev–Trinajstić information content (AvgIpc) is 3.47. The van der Waals surface area contributed by atoms with Gasteiger partial charge in [-0.1, -0.05) is 19.0 Å². The van der Waals surface area contributed by atoms with Crippen LogP contribution in [-0.4, -0.2) is 55.4 Å². The third-order valence-electron chi connectivity index (χ3n) is 5.73. The van der Waals surface area contributed by atoms with Gasteiger partial charge in [-0.3, -0.25) is 5.32 Å². The number of ether oxygens (including phenoxy) is 1. The Labute approximate surface area is 202 Å². The average molecular weight is 506 g/mol. The van der Waals surface area contributed by atoms with E-state index in [9.17, 15) is 17.6 Å². The molecule has 1 aliphatic rings. The maximum Gasteiger partial charge on any atom is 0.482 e. The molecule has 1 aliphatic heterocycles. The predicted octanol–water partition coefficient (Wildman–Crippen LogP) is 4.44. The first-order chi connectivity index (χ1) is 17.2. The molecule has 0 bridgehead atoms. The molecule has 190 valence electrons. The van der Waals surface area contributed by atoms with Gasteiger partial charge >= 0.3 is 12.3 Å². The van der Waals surface area contributed by atoms with Crippen LogP contribution in [0.2, 0.25) is 0 Å². The number of benzene rings is 1. The fourth-order valence-electron chi connectivity index (χ4n) is 3.93. The largest absolute Gasteiger partial charge is 0.482 e. The van der Waals surface area contributed by atoms with Crippen molar-refractivity contribution in [3.8, 4) is 11.6 Å². The molecular weight excluding hydrogens is 484 g/mol. The van der Waals surface area contributed by atoms with Crippen molar-refractivity contribution in [3.05, 3.63) is 42.4 Å². The standard InChI is InChI=1S/C22H22F4N8O2/c1-12(2)18-30-21(36-32-18)33-7-5-14(6-8-33)35-20-15-10-29-34(19(15)27-11-28-20)17-4-3-13(9-16(17)23)31-22(24,25)26/h3-4,9-12,14,31H,5-8H2,1-2H3. The minimum absolute atomic E-state index is 0.0593. The summed E-state index contributed by atoms with van der Waals surface area (Å²) in [5.41, 5.74) is -0.220. The van der Waals surface area contributed by atoms with E-state index in [-0.39, 0.29) is 23.4 Å². The lowest BCUT2D eigenvalue weighted by molar-refractivity contribution is -0.0999. The summed E-state index contributed by atoms with van der Waals surface area (Å²) in [6.07, 6.45) is -0.742. The molecular formula is C22H22F4N8O2. The van der Waals surface area contributed by atoms with Crippen molar-refractivity contribution in [2.75, 3.05) is 23.3 Å². The second kappa shape index (κ2) is 9.24. The van der Waals surface area contributed by atoms with Crippen molar-refractivity contribution in [2.45, 2.75) is 45.0 Å². The van der Waals surface area contributed by atoms with Crippen molar-refractivity contribution < 1.29 is 26.8 Å². The van der Waals surface area contributed by atoms with Crippen LogP contribution in [0.25, 0.3) is 16.7 Å². The number of hydrogen-bond donors (Lipinski definition) is 1. The van der Waals surface area contributed by atoms with Crippen molar-refractivity contribution in [1.82, 2.24) is 29.9 Å². The lowest BCUT2D eigenvalue weighted by Crippen LogP contribution is -2.38. The SMILES string of the molecule is CC(C)c1noc(N2CCC(Oc3ncnc4c3cnn4-c3ccc(NC(F)(F)F)cc3F)CC2)n1. The summed E-state index contributed by atoms with van der Waals surface area (Å²) in [6, 6.07) is 3.53. The van der Waals surface area contributed by atoms with Crippen LogP contribution in [0.3, 0.4) is 0 Å². The van der Waals surface area contributed by atoms with Gasteiger partial charge in [-0.05, 0) is 18.2 Å². The van der Waals surface area contributed by atoms with Crippen LogP contribution in [0.4, 0.5) is 29.3 Å². The van der Waals surface area contributed by atoms with Gasteiger partial charge in [0.1, 0.15) is 23.5 Å². The Hall–Kier alpha value is -3.97. The first kappa shape index (κ1) is 23.8. The summed E-state index contributed by atoms with van der Waals surface area (Å²) < 4.78 is 64.9. The van der Waals surface area contributed by atoms with E-state index >= 15 is 0 Å². The topological polar surface area (TPSA) is 107 Å². The molecule has 0 radical (unpaired) electrons. The second-order valence-corrected chi connectivity index (χ2v) is 8.66. The van der Waals surface area contributed by atoms with E-state index in [1.165, 1.54) is 28.6 Å². The monoisotopic (exact) mass is 506 g/mol. The Morgan fingerprint density at radius 2 is 1.94 bits per heavy atom. The molecule has 0 amide bonds. The summed E-state index contributed by atoms with van der Waals surface area (Å²) >= 11 is 0. The maximum absolute atomic E-state index is 14.6. The maximum atomic E-state index is 14.6. The van der Waals surface area contributed by atoms with Gasteiger partial charge in [0.25, 0.3) is 0 Å². The van der Waals surface area contributed by atoms with E-state index in [2.05, 4.69) is 25.2 Å². The van der Waals surface area contributed by atoms with Crippen molar-refractivity contribution in [1.29, 1.82) is 0 Å². The van der Waals surface area contributed by atoms with E-state index < -0.39 is 17.8 Å². The van der Waals surface area contributed by atoms with Gasteiger partial charge in [-0.15, -0.1) is 0 Å². The molecule has 3 aromatic heterocycles. The van der Waals surface area contributed by atoms with E-state index in [1.54, 1.807) is 0 Å². The number of rotatable bonds is 6. The number of alkyl halides is 3. The van der Waals surface area contributed by atoms with E-state index in [1.807, 2.05) is 18.7 Å². The van der Waals surface area contributed by atoms with Crippen molar-refractivity contribution in [2.24, 2.45) is 0 Å². The molecule has 0 atom stereocenters. The zero-order chi connectivity index (χ0) is 25.4. The highest BCUT2D eigenvalue weighted by Gasteiger charge is 2.28. The Balaban J connectivity index is 1.30. The van der Waals surface area contributed by atoms with Gasteiger partial charge in [0, 0.05) is 37.5 Å². The fourth-order valence-corrected chi connectivity index (χ4v) is 3.93. The Morgan fingerprint density at radius 1 is 1.17 bits per heavy atom. The van der Waals surface area contributed by atoms with Gasteiger partial charge in [0.2, 0.25) is 5.88 Å². The zero-order valence-electron chi connectivity index (χ0n) is 19.3. The molecule has 0 unspecified atom stereocenters. The van der Waals surface area contributed by atoms with E-state index in [4.69, 9.17) is 9.26 Å². The minimum atomic E-state index is -4.68. The fraction of sp³-hybridized carbons (Fsp3) is 0.409. The molecule has 1 fully saturated rings. The summed E-state index contributed by atoms with van der Waals surface area (Å²) in [5.74, 6) is 0.226. The summed E-state index contributed by atoms with van der Waals surface area (Å²) in [7, 11) is 0. The van der Waals surface area contributed by atoms with Crippen LogP contribution in [0.5, 0.6) is 5.88 Å². The van der Waals surface area contributed by atoms with Crippen LogP contribution in [0.15, 0.2) is 35.2 Å². The highest BCUT2D eigenvalue weighted by Crippen LogP contribution is 2.29. The first-order valence-corrected chi connectivity index (χ1v) is 11.3. The number of nitrogens with one attached hydrogen (secondary N) is 1. The van der Waals surface area contributed by atoms with E-state index in [0.29, 0.717) is 49.0 Å². The smallest absolute Gasteiger partial charge is 0.474 e. The van der Waals surface area contributed by atoms with Crippen LogP contribution < -0.4 is 15.0 Å². The summed E-state index contributed by atoms with van der Waals surface area (Å²) in [5, 5.41) is 9.90. The third kappa shape index (κ3) is 4.88. The lowest BCUT2D eigenvalue weighted by Gasteiger charge is -2.30. The molecule has 5 rings (SSSR count). The highest BCUT2D eigenvalue weighted by molar-refractivity contribution is 5.81. The first-order valence-electron chi connectivity index (χ1n) is 11.3. The number of aromatic nitrogens is 6. The number of fused-ring (bicyclic) bond motifs is 1. The van der Waals surface area contributed by atoms with Gasteiger partial charge in [-0.2, -0.15) is 23.3 Å². The summed E-state index contributed by atoms with van der Waals surface area (Å²) in [4.78, 5) is 14.8. The molecule has 4 heterocycles. The number of piperidine rings is 1. The molecule has 10 nitrogen and oxygen atoms in total. The van der Waals surface area contributed by atoms with Crippen molar-refractivity contribution in [3.63, 3.8) is 0 Å². The summed E-state index contributed by atoms with van der Waals surface area (Å²) in [6.45, 7) is 5.30. The highest BCUT2D eigenvalue weighted by atomic mass is 19.4. The normalized spacial score (nSPS) is 15.1. The Bertz CT molecular complexity index is 1360. The Morgan fingerprint density at radius 3 is 2.61 bits per heavy atom.